The summed E-state index contributed by atoms with van der Waals surface area (Å²) in [6.07, 6.45) is 5.55. The molecule has 6 nitrogen and oxygen atoms in total. The summed E-state index contributed by atoms with van der Waals surface area (Å²) in [5, 5.41) is 6.39. The van der Waals surface area contributed by atoms with Gasteiger partial charge >= 0.3 is 0 Å². The number of fused-ring (bicyclic) bond motifs is 3. The zero-order valence-corrected chi connectivity index (χ0v) is 20.1. The minimum Gasteiger partial charge on any atom is -0.494 e. The summed E-state index contributed by atoms with van der Waals surface area (Å²) in [6.45, 7) is 5.31. The highest BCUT2D eigenvalue weighted by molar-refractivity contribution is 7.16. The molecule has 0 spiro atoms. The Morgan fingerprint density at radius 2 is 1.94 bits per heavy atom. The average molecular weight is 466 g/mol. The highest BCUT2D eigenvalue weighted by Crippen LogP contribution is 2.36. The number of hydrogen-bond donors (Lipinski definition) is 1. The Balaban J connectivity index is 1.49. The number of nitrogens with zero attached hydrogens (tertiary/aromatic N) is 2. The van der Waals surface area contributed by atoms with Crippen LogP contribution in [0.15, 0.2) is 41.8 Å². The largest absolute Gasteiger partial charge is 0.494 e. The molecule has 5 rings (SSSR count). The van der Waals surface area contributed by atoms with Gasteiger partial charge in [-0.3, -0.25) is 9.59 Å². The van der Waals surface area contributed by atoms with Crippen LogP contribution in [0, 0.1) is 0 Å². The molecule has 3 aromatic rings. The van der Waals surface area contributed by atoms with E-state index in [2.05, 4.69) is 5.32 Å². The monoisotopic (exact) mass is 465 g/mol. The molecule has 1 aromatic carbocycles. The van der Waals surface area contributed by atoms with Crippen molar-refractivity contribution in [1.29, 1.82) is 0 Å². The first-order valence-corrected chi connectivity index (χ1v) is 12.8. The molecule has 2 aliphatic rings. The van der Waals surface area contributed by atoms with E-state index >= 15 is 0 Å². The zero-order chi connectivity index (χ0) is 23.0. The number of carbonyl (C=O) groups is 2. The van der Waals surface area contributed by atoms with Gasteiger partial charge in [-0.15, -0.1) is 11.3 Å². The molecule has 2 aromatic heterocycles. The minimum atomic E-state index is -0.976. The molecule has 0 bridgehead atoms. The standard InChI is InChI=1S/C26H31N3O3S/c1-3-32-21-11-9-18(10-12-21)16-29-23(30)22-15-19-13-14-33-24(19)28(22)17-26(29,2)25(31)27-20-7-5-4-6-8-20/h9-15,20H,3-8,16-17H2,1-2H3,(H,27,31)/t26-/m0/s1. The van der Waals surface area contributed by atoms with Crippen molar-refractivity contribution in [3.8, 4) is 5.75 Å². The third-order valence-corrected chi connectivity index (χ3v) is 7.98. The summed E-state index contributed by atoms with van der Waals surface area (Å²) in [4.78, 5) is 30.3. The number of rotatable bonds is 6. The van der Waals surface area contributed by atoms with Gasteiger partial charge in [0.05, 0.1) is 13.2 Å². The lowest BCUT2D eigenvalue weighted by Crippen LogP contribution is -2.64. The molecule has 0 radical (unpaired) electrons. The lowest BCUT2D eigenvalue weighted by molar-refractivity contribution is -0.134. The summed E-state index contributed by atoms with van der Waals surface area (Å²) in [6, 6.07) is 12.0. The third kappa shape index (κ3) is 4.03. The van der Waals surface area contributed by atoms with Crippen molar-refractivity contribution in [2.75, 3.05) is 6.61 Å². The van der Waals surface area contributed by atoms with Gasteiger partial charge < -0.3 is 19.5 Å². The number of nitrogens with one attached hydrogen (secondary N) is 1. The van der Waals surface area contributed by atoms with Gasteiger partial charge in [-0.05, 0) is 61.9 Å². The van der Waals surface area contributed by atoms with Crippen molar-refractivity contribution in [1.82, 2.24) is 14.8 Å². The van der Waals surface area contributed by atoms with Gasteiger partial charge in [-0.2, -0.15) is 0 Å². The number of amides is 2. The maximum Gasteiger partial charge on any atom is 0.271 e. The van der Waals surface area contributed by atoms with E-state index in [0.29, 0.717) is 25.4 Å². The number of thiophene rings is 1. The molecule has 1 atom stereocenters. The second-order valence-electron chi connectivity index (χ2n) is 9.35. The van der Waals surface area contributed by atoms with E-state index in [9.17, 15) is 9.59 Å². The molecule has 0 saturated heterocycles. The molecule has 1 N–H and O–H groups in total. The molecule has 33 heavy (non-hydrogen) atoms. The van der Waals surface area contributed by atoms with Gasteiger partial charge in [0.25, 0.3) is 5.91 Å². The normalized spacial score (nSPS) is 21.3. The van der Waals surface area contributed by atoms with Crippen molar-refractivity contribution < 1.29 is 14.3 Å². The maximum atomic E-state index is 13.8. The molecule has 1 aliphatic carbocycles. The van der Waals surface area contributed by atoms with E-state index in [1.807, 2.05) is 60.2 Å². The van der Waals surface area contributed by atoms with Crippen molar-refractivity contribution in [3.05, 3.63) is 53.0 Å². The van der Waals surface area contributed by atoms with Crippen LogP contribution in [0.25, 0.3) is 10.2 Å². The van der Waals surface area contributed by atoms with Crippen LogP contribution in [0.4, 0.5) is 0 Å². The second kappa shape index (κ2) is 8.86. The summed E-state index contributed by atoms with van der Waals surface area (Å²) < 4.78 is 7.60. The number of aromatic nitrogens is 1. The first kappa shape index (κ1) is 22.0. The van der Waals surface area contributed by atoms with Gasteiger partial charge in [0.15, 0.2) is 0 Å². The Morgan fingerprint density at radius 3 is 2.67 bits per heavy atom. The fraction of sp³-hybridized carbons (Fsp3) is 0.462. The molecule has 3 heterocycles. The topological polar surface area (TPSA) is 63.6 Å². The van der Waals surface area contributed by atoms with Crippen LogP contribution in [0.3, 0.4) is 0 Å². The quantitative estimate of drug-likeness (QED) is 0.559. The molecule has 2 amide bonds. The minimum absolute atomic E-state index is 0.0576. The van der Waals surface area contributed by atoms with Crippen molar-refractivity contribution in [3.63, 3.8) is 0 Å². The van der Waals surface area contributed by atoms with Gasteiger partial charge in [-0.1, -0.05) is 31.4 Å². The highest BCUT2D eigenvalue weighted by atomic mass is 32.1. The zero-order valence-electron chi connectivity index (χ0n) is 19.3. The van der Waals surface area contributed by atoms with Crippen molar-refractivity contribution >= 4 is 33.4 Å². The fourth-order valence-electron chi connectivity index (χ4n) is 5.13. The Bertz CT molecular complexity index is 1160. The predicted molar refractivity (Wildman–Crippen MR) is 131 cm³/mol. The van der Waals surface area contributed by atoms with Crippen LogP contribution in [-0.4, -0.2) is 39.5 Å². The average Bonchev–Trinajstić information content (AvgIpc) is 3.41. The van der Waals surface area contributed by atoms with Crippen LogP contribution in [0.2, 0.25) is 0 Å². The van der Waals surface area contributed by atoms with Crippen molar-refractivity contribution in [2.45, 2.75) is 70.6 Å². The Hall–Kier alpha value is -2.80. The smallest absolute Gasteiger partial charge is 0.271 e. The van der Waals surface area contributed by atoms with Gasteiger partial charge in [0.1, 0.15) is 21.8 Å². The number of benzene rings is 1. The molecule has 1 aliphatic heterocycles. The number of hydrogen-bond acceptors (Lipinski definition) is 4. The first-order chi connectivity index (χ1) is 16.0. The van der Waals surface area contributed by atoms with E-state index in [1.165, 1.54) is 6.42 Å². The van der Waals surface area contributed by atoms with E-state index in [1.54, 1.807) is 16.2 Å². The molecule has 1 saturated carbocycles. The number of ether oxygens (including phenoxy) is 1. The van der Waals surface area contributed by atoms with Crippen LogP contribution in [-0.2, 0) is 17.9 Å². The van der Waals surface area contributed by atoms with Crippen LogP contribution >= 0.6 is 11.3 Å². The molecule has 0 unspecified atom stereocenters. The van der Waals surface area contributed by atoms with Gasteiger partial charge in [0, 0.05) is 18.0 Å². The highest BCUT2D eigenvalue weighted by Gasteiger charge is 2.48. The third-order valence-electron chi connectivity index (χ3n) is 7.03. The van der Waals surface area contributed by atoms with E-state index in [4.69, 9.17) is 4.74 Å². The van der Waals surface area contributed by atoms with Crippen LogP contribution in [0.1, 0.15) is 62.0 Å². The van der Waals surface area contributed by atoms with Crippen LogP contribution in [0.5, 0.6) is 5.75 Å². The SMILES string of the molecule is CCOc1ccc(CN2C(=O)c3cc4ccsc4n3C[C@@]2(C)C(=O)NC2CCCCC2)cc1. The van der Waals surface area contributed by atoms with E-state index in [0.717, 1.165) is 47.2 Å². The summed E-state index contributed by atoms with van der Waals surface area (Å²) >= 11 is 1.62. The lowest BCUT2D eigenvalue weighted by Gasteiger charge is -2.44. The molecule has 1 fully saturated rings. The van der Waals surface area contributed by atoms with Crippen LogP contribution < -0.4 is 10.1 Å². The number of carbonyl (C=O) groups excluding carboxylic acids is 2. The maximum absolute atomic E-state index is 13.8. The summed E-state index contributed by atoms with van der Waals surface area (Å²) in [5.41, 5.74) is 0.659. The molecule has 174 valence electrons. The fourth-order valence-corrected chi connectivity index (χ4v) is 6.03. The van der Waals surface area contributed by atoms with Crippen molar-refractivity contribution in [2.24, 2.45) is 0 Å². The van der Waals surface area contributed by atoms with E-state index in [-0.39, 0.29) is 17.9 Å². The Labute approximate surface area is 198 Å². The Kier molecular flexibility index (Phi) is 5.91. The predicted octanol–water partition coefficient (Wildman–Crippen LogP) is 4.97. The van der Waals surface area contributed by atoms with Gasteiger partial charge in [0.2, 0.25) is 5.91 Å². The van der Waals surface area contributed by atoms with Gasteiger partial charge in [-0.25, -0.2) is 0 Å². The lowest BCUT2D eigenvalue weighted by atomic mass is 9.91. The summed E-state index contributed by atoms with van der Waals surface area (Å²) in [5.74, 6) is 0.649. The summed E-state index contributed by atoms with van der Waals surface area (Å²) in [7, 11) is 0. The second-order valence-corrected chi connectivity index (χ2v) is 10.2. The molecular weight excluding hydrogens is 434 g/mol. The Morgan fingerprint density at radius 1 is 1.18 bits per heavy atom. The van der Waals surface area contributed by atoms with E-state index < -0.39 is 5.54 Å². The molecule has 7 heteroatoms. The molecular formula is C26H31N3O3S. The first-order valence-electron chi connectivity index (χ1n) is 11.9.